The number of piperidine rings is 1. The maximum absolute atomic E-state index is 13.5. The van der Waals surface area contributed by atoms with Crippen molar-refractivity contribution in [3.63, 3.8) is 0 Å². The largest absolute Gasteiger partial charge is 0.507 e. The first-order valence-corrected chi connectivity index (χ1v) is 12.7. The lowest BCUT2D eigenvalue weighted by Gasteiger charge is -2.36. The second kappa shape index (κ2) is 10.8. The van der Waals surface area contributed by atoms with E-state index in [4.69, 9.17) is 18.9 Å². The Hall–Kier alpha value is -4.04. The van der Waals surface area contributed by atoms with Gasteiger partial charge in [-0.15, -0.1) is 0 Å². The zero-order chi connectivity index (χ0) is 26.8. The minimum atomic E-state index is -0.238. The SMILES string of the molecule is COc1ccc(/C=C2\Oc3c(CN4CCCC[C@H]4c4cccnc4)c(O)cc(C)c3C2=O)c(OC)c1OC. The molecule has 1 N–H and O–H groups in total. The number of aryl methyl sites for hydroxylation is 1. The number of carbonyl (C=O) groups excluding carboxylic acids is 1. The summed E-state index contributed by atoms with van der Waals surface area (Å²) in [6, 6.07) is 9.40. The van der Waals surface area contributed by atoms with Crippen LogP contribution in [0.1, 0.15) is 57.9 Å². The third-order valence-electron chi connectivity index (χ3n) is 7.29. The Morgan fingerprint density at radius 2 is 1.95 bits per heavy atom. The number of nitrogens with zero attached hydrogens (tertiary/aromatic N) is 2. The second-order valence-corrected chi connectivity index (χ2v) is 9.53. The van der Waals surface area contributed by atoms with Crippen LogP contribution < -0.4 is 18.9 Å². The molecular formula is C30H32N2O6. The Balaban J connectivity index is 1.52. The van der Waals surface area contributed by atoms with E-state index in [1.54, 1.807) is 37.6 Å². The summed E-state index contributed by atoms with van der Waals surface area (Å²) in [6.45, 7) is 3.14. The molecule has 8 nitrogen and oxygen atoms in total. The van der Waals surface area contributed by atoms with Gasteiger partial charge in [-0.25, -0.2) is 0 Å². The Labute approximate surface area is 222 Å². The van der Waals surface area contributed by atoms with Crippen molar-refractivity contribution in [2.24, 2.45) is 0 Å². The van der Waals surface area contributed by atoms with Gasteiger partial charge in [0.1, 0.15) is 11.5 Å². The minimum absolute atomic E-state index is 0.120. The van der Waals surface area contributed by atoms with E-state index >= 15 is 0 Å². The molecule has 0 bridgehead atoms. The van der Waals surface area contributed by atoms with Crippen molar-refractivity contribution in [3.8, 4) is 28.7 Å². The number of pyridine rings is 1. The van der Waals surface area contributed by atoms with Crippen LogP contribution in [0.5, 0.6) is 28.7 Å². The smallest absolute Gasteiger partial charge is 0.232 e. The van der Waals surface area contributed by atoms with Gasteiger partial charge >= 0.3 is 0 Å². The Kier molecular flexibility index (Phi) is 7.24. The summed E-state index contributed by atoms with van der Waals surface area (Å²) in [5.41, 5.74) is 3.50. The minimum Gasteiger partial charge on any atom is -0.507 e. The fraction of sp³-hybridized carbons (Fsp3) is 0.333. The first-order chi connectivity index (χ1) is 18.5. The van der Waals surface area contributed by atoms with Crippen LogP contribution in [0.2, 0.25) is 0 Å². The van der Waals surface area contributed by atoms with Crippen LogP contribution in [-0.4, -0.2) is 48.6 Å². The van der Waals surface area contributed by atoms with Gasteiger partial charge in [0.2, 0.25) is 11.5 Å². The molecule has 8 heteroatoms. The third-order valence-corrected chi connectivity index (χ3v) is 7.29. The number of Topliss-reactive ketones (excluding diaryl/α,β-unsaturated/α-hetero) is 1. The number of fused-ring (bicyclic) bond motifs is 1. The number of ketones is 1. The molecule has 1 atom stereocenters. The molecule has 3 heterocycles. The highest BCUT2D eigenvalue weighted by molar-refractivity contribution is 6.16. The number of phenols is 1. The average Bonchev–Trinajstić information content (AvgIpc) is 3.27. The zero-order valence-corrected chi connectivity index (χ0v) is 22.1. The van der Waals surface area contributed by atoms with E-state index < -0.39 is 0 Å². The molecule has 2 aliphatic heterocycles. The predicted molar refractivity (Wildman–Crippen MR) is 143 cm³/mol. The second-order valence-electron chi connectivity index (χ2n) is 9.53. The number of carbonyl (C=O) groups is 1. The van der Waals surface area contributed by atoms with Gasteiger partial charge in [-0.2, -0.15) is 0 Å². The quantitative estimate of drug-likeness (QED) is 0.414. The van der Waals surface area contributed by atoms with Crippen molar-refractivity contribution in [1.82, 2.24) is 9.88 Å². The van der Waals surface area contributed by atoms with E-state index in [0.29, 0.717) is 51.8 Å². The standard InChI is InChI=1S/C30H32N2O6/c1-18-14-23(33)21(17-32-13-6-5-9-22(32)20-8-7-12-31-16-20)29-26(18)27(34)25(38-29)15-19-10-11-24(35-2)30(37-4)28(19)36-3/h7-8,10-12,14-16,22,33H,5-6,9,13,17H2,1-4H3/b25-15-/t22-/m0/s1. The summed E-state index contributed by atoms with van der Waals surface area (Å²) in [6.07, 6.45) is 8.52. The highest BCUT2D eigenvalue weighted by Crippen LogP contribution is 2.45. The van der Waals surface area contributed by atoms with Crippen LogP contribution in [0, 0.1) is 6.92 Å². The lowest BCUT2D eigenvalue weighted by atomic mass is 9.94. The van der Waals surface area contributed by atoms with Crippen molar-refractivity contribution in [2.45, 2.75) is 38.8 Å². The summed E-state index contributed by atoms with van der Waals surface area (Å²) in [4.78, 5) is 20.2. The molecule has 0 amide bonds. The molecule has 3 aromatic rings. The van der Waals surface area contributed by atoms with Crippen LogP contribution in [0.25, 0.3) is 6.08 Å². The third kappa shape index (κ3) is 4.56. The summed E-state index contributed by atoms with van der Waals surface area (Å²) in [5, 5.41) is 11.0. The number of benzene rings is 2. The van der Waals surface area contributed by atoms with Crippen LogP contribution in [0.15, 0.2) is 48.5 Å². The molecular weight excluding hydrogens is 484 g/mol. The zero-order valence-electron chi connectivity index (χ0n) is 22.1. The first kappa shape index (κ1) is 25.6. The number of ether oxygens (including phenoxy) is 4. The number of phenolic OH excluding ortho intramolecular Hbond substituents is 1. The van der Waals surface area contributed by atoms with Crippen molar-refractivity contribution in [2.75, 3.05) is 27.9 Å². The van der Waals surface area contributed by atoms with E-state index in [1.807, 2.05) is 19.2 Å². The monoisotopic (exact) mass is 516 g/mol. The van der Waals surface area contributed by atoms with E-state index in [0.717, 1.165) is 31.4 Å². The van der Waals surface area contributed by atoms with Gasteiger partial charge in [-0.05, 0) is 67.8 Å². The lowest BCUT2D eigenvalue weighted by Crippen LogP contribution is -2.33. The maximum atomic E-state index is 13.5. The summed E-state index contributed by atoms with van der Waals surface area (Å²) in [7, 11) is 4.61. The van der Waals surface area contributed by atoms with Crippen molar-refractivity contribution < 1.29 is 28.8 Å². The summed E-state index contributed by atoms with van der Waals surface area (Å²) >= 11 is 0. The van der Waals surface area contributed by atoms with Gasteiger partial charge in [-0.3, -0.25) is 14.7 Å². The van der Waals surface area contributed by atoms with Crippen LogP contribution >= 0.6 is 0 Å². The molecule has 5 rings (SSSR count). The predicted octanol–water partition coefficient (Wildman–Crippen LogP) is 5.46. The number of likely N-dealkylation sites (tertiary alicyclic amines) is 1. The topological polar surface area (TPSA) is 90.4 Å². The van der Waals surface area contributed by atoms with E-state index in [2.05, 4.69) is 16.0 Å². The highest BCUT2D eigenvalue weighted by atomic mass is 16.5. The van der Waals surface area contributed by atoms with Crippen molar-refractivity contribution >= 4 is 11.9 Å². The number of rotatable bonds is 7. The van der Waals surface area contributed by atoms with Crippen molar-refractivity contribution in [1.29, 1.82) is 0 Å². The highest BCUT2D eigenvalue weighted by Gasteiger charge is 2.35. The number of allylic oxidation sites excluding steroid dienone is 1. The van der Waals surface area contributed by atoms with Gasteiger partial charge in [0.05, 0.1) is 32.5 Å². The van der Waals surface area contributed by atoms with Gasteiger partial charge in [0, 0.05) is 30.5 Å². The molecule has 0 radical (unpaired) electrons. The number of hydrogen-bond acceptors (Lipinski definition) is 8. The fourth-order valence-electron chi connectivity index (χ4n) is 5.45. The van der Waals surface area contributed by atoms with Gasteiger partial charge < -0.3 is 24.1 Å². The molecule has 38 heavy (non-hydrogen) atoms. The molecule has 1 aromatic heterocycles. The van der Waals surface area contributed by atoms with Gasteiger partial charge in [0.15, 0.2) is 17.3 Å². The molecule has 198 valence electrons. The molecule has 1 fully saturated rings. The molecule has 0 spiro atoms. The number of aromatic hydroxyl groups is 1. The van der Waals surface area contributed by atoms with E-state index in [1.165, 1.54) is 14.2 Å². The fourth-order valence-corrected chi connectivity index (χ4v) is 5.45. The summed E-state index contributed by atoms with van der Waals surface area (Å²) < 4.78 is 22.7. The molecule has 2 aliphatic rings. The van der Waals surface area contributed by atoms with Crippen LogP contribution in [0.3, 0.4) is 0 Å². The average molecular weight is 517 g/mol. The number of aromatic nitrogens is 1. The lowest BCUT2D eigenvalue weighted by molar-refractivity contribution is 0.101. The molecule has 2 aromatic carbocycles. The molecule has 0 unspecified atom stereocenters. The Morgan fingerprint density at radius 3 is 2.66 bits per heavy atom. The Morgan fingerprint density at radius 1 is 1.13 bits per heavy atom. The summed E-state index contributed by atoms with van der Waals surface area (Å²) in [5.74, 6) is 1.82. The van der Waals surface area contributed by atoms with Crippen LogP contribution in [-0.2, 0) is 6.54 Å². The molecule has 0 saturated carbocycles. The van der Waals surface area contributed by atoms with E-state index in [-0.39, 0.29) is 23.3 Å². The van der Waals surface area contributed by atoms with Crippen molar-refractivity contribution in [3.05, 3.63) is 76.3 Å². The van der Waals surface area contributed by atoms with Gasteiger partial charge in [-0.1, -0.05) is 12.5 Å². The van der Waals surface area contributed by atoms with E-state index in [9.17, 15) is 9.90 Å². The molecule has 1 saturated heterocycles. The normalized spacial score (nSPS) is 18.3. The Bertz CT molecular complexity index is 1390. The number of methoxy groups -OCH3 is 3. The number of hydrogen-bond donors (Lipinski definition) is 1. The first-order valence-electron chi connectivity index (χ1n) is 12.7. The maximum Gasteiger partial charge on any atom is 0.232 e. The van der Waals surface area contributed by atoms with Gasteiger partial charge in [0.25, 0.3) is 0 Å². The molecule has 0 aliphatic carbocycles. The van der Waals surface area contributed by atoms with Crippen LogP contribution in [0.4, 0.5) is 0 Å².